The van der Waals surface area contributed by atoms with Crippen molar-refractivity contribution in [2.75, 3.05) is 6.61 Å². The molecule has 1 aromatic rings. The Labute approximate surface area is 112 Å². The highest BCUT2D eigenvalue weighted by Crippen LogP contribution is 2.35. The average molecular weight is 285 g/mol. The van der Waals surface area contributed by atoms with Crippen LogP contribution >= 0.6 is 0 Å². The minimum absolute atomic E-state index is 0.528. The average Bonchev–Trinajstić information content (AvgIpc) is 2.66. The van der Waals surface area contributed by atoms with Gasteiger partial charge in [-0.15, -0.1) is 0 Å². The molecule has 1 aliphatic rings. The number of carbonyl (C=O) groups is 1. The van der Waals surface area contributed by atoms with E-state index in [1.165, 1.54) is 0 Å². The number of aliphatic hydroxyl groups excluding tert-OH is 2. The summed E-state index contributed by atoms with van der Waals surface area (Å²) in [6.07, 6.45) is -2.79. The number of hydrogen-bond donors (Lipinski definition) is 3. The standard InChI is InChI=1S/C11H14N2O7/c14-4-6-9(18)5(3-8(16)17)10(20-6)13-2-1-7(15)12-11(13)19/h1-2,5-6,9-10,14,18H,3-4H2,(H,16,17)(H,12,15,19)/p-1/t5-,6-,9+,10-/m1/s1. The number of hydrogen-bond acceptors (Lipinski definition) is 7. The Bertz CT molecular complexity index is 607. The summed E-state index contributed by atoms with van der Waals surface area (Å²) in [7, 11) is 0. The minimum Gasteiger partial charge on any atom is -0.550 e. The lowest BCUT2D eigenvalue weighted by molar-refractivity contribution is -0.307. The number of aromatic nitrogens is 2. The molecule has 2 heterocycles. The zero-order valence-corrected chi connectivity index (χ0v) is 10.3. The second kappa shape index (κ2) is 5.57. The number of nitrogens with one attached hydrogen (secondary N) is 1. The maximum absolute atomic E-state index is 11.7. The van der Waals surface area contributed by atoms with E-state index in [0.717, 1.165) is 16.8 Å². The normalized spacial score (nSPS) is 29.5. The van der Waals surface area contributed by atoms with Crippen molar-refractivity contribution in [2.24, 2.45) is 5.92 Å². The Morgan fingerprint density at radius 1 is 1.50 bits per heavy atom. The number of H-pyrrole nitrogens is 1. The van der Waals surface area contributed by atoms with E-state index in [0.29, 0.717) is 0 Å². The minimum atomic E-state index is -1.42. The first-order valence-electron chi connectivity index (χ1n) is 5.89. The van der Waals surface area contributed by atoms with Gasteiger partial charge in [-0.2, -0.15) is 0 Å². The van der Waals surface area contributed by atoms with Crippen LogP contribution in [-0.4, -0.2) is 44.5 Å². The van der Waals surface area contributed by atoms with E-state index in [1.54, 1.807) is 0 Å². The SMILES string of the molecule is O=C([O-])C[C@@H]1[C@H](O)[C@@H](CO)O[C@H]1n1ccc(=O)[nH]c1=O. The van der Waals surface area contributed by atoms with Crippen molar-refractivity contribution in [2.45, 2.75) is 24.9 Å². The van der Waals surface area contributed by atoms with E-state index in [1.807, 2.05) is 4.98 Å². The fourth-order valence-electron chi connectivity index (χ4n) is 2.27. The maximum Gasteiger partial charge on any atom is 0.330 e. The van der Waals surface area contributed by atoms with Crippen molar-refractivity contribution in [3.05, 3.63) is 33.1 Å². The highest BCUT2D eigenvalue weighted by Gasteiger charge is 2.44. The van der Waals surface area contributed by atoms with Gasteiger partial charge in [0.1, 0.15) is 12.3 Å². The quantitative estimate of drug-likeness (QED) is 0.521. The molecular formula is C11H13N2O7-. The Morgan fingerprint density at radius 2 is 2.20 bits per heavy atom. The van der Waals surface area contributed by atoms with Crippen LogP contribution in [0.1, 0.15) is 12.6 Å². The van der Waals surface area contributed by atoms with Crippen molar-refractivity contribution in [1.29, 1.82) is 0 Å². The molecule has 9 heteroatoms. The summed E-state index contributed by atoms with van der Waals surface area (Å²) in [6.45, 7) is -0.528. The molecule has 1 aliphatic heterocycles. The van der Waals surface area contributed by atoms with Crippen LogP contribution in [-0.2, 0) is 9.53 Å². The predicted molar refractivity (Wildman–Crippen MR) is 61.4 cm³/mol. The molecule has 1 saturated heterocycles. The molecule has 20 heavy (non-hydrogen) atoms. The summed E-state index contributed by atoms with van der Waals surface area (Å²) in [4.78, 5) is 35.4. The fourth-order valence-corrected chi connectivity index (χ4v) is 2.27. The highest BCUT2D eigenvalue weighted by molar-refractivity contribution is 5.64. The molecule has 0 aromatic carbocycles. The molecule has 3 N–H and O–H groups in total. The van der Waals surface area contributed by atoms with E-state index in [2.05, 4.69) is 0 Å². The molecule has 0 bridgehead atoms. The van der Waals surface area contributed by atoms with Gasteiger partial charge in [0.25, 0.3) is 5.56 Å². The molecule has 0 unspecified atom stereocenters. The highest BCUT2D eigenvalue weighted by atomic mass is 16.5. The van der Waals surface area contributed by atoms with Crippen molar-refractivity contribution < 1.29 is 24.9 Å². The first-order chi connectivity index (χ1) is 9.43. The smallest absolute Gasteiger partial charge is 0.330 e. The summed E-state index contributed by atoms with van der Waals surface area (Å²) in [5, 5.41) is 29.7. The van der Waals surface area contributed by atoms with Gasteiger partial charge >= 0.3 is 5.69 Å². The zero-order valence-electron chi connectivity index (χ0n) is 10.3. The molecule has 1 fully saturated rings. The van der Waals surface area contributed by atoms with Crippen LogP contribution < -0.4 is 16.4 Å². The number of carboxylic acid groups (broad SMARTS) is 1. The van der Waals surface area contributed by atoms with Gasteiger partial charge in [0.2, 0.25) is 0 Å². The Balaban J connectivity index is 2.39. The fraction of sp³-hybridized carbons (Fsp3) is 0.545. The second-order valence-electron chi connectivity index (χ2n) is 4.50. The molecule has 0 aliphatic carbocycles. The number of ether oxygens (including phenoxy) is 1. The largest absolute Gasteiger partial charge is 0.550 e. The van der Waals surface area contributed by atoms with Gasteiger partial charge in [0.15, 0.2) is 0 Å². The van der Waals surface area contributed by atoms with Gasteiger partial charge in [-0.1, -0.05) is 0 Å². The van der Waals surface area contributed by atoms with E-state index < -0.39 is 54.6 Å². The third-order valence-electron chi connectivity index (χ3n) is 3.21. The van der Waals surface area contributed by atoms with Crippen LogP contribution in [0.2, 0.25) is 0 Å². The van der Waals surface area contributed by atoms with E-state index in [-0.39, 0.29) is 0 Å². The van der Waals surface area contributed by atoms with Gasteiger partial charge in [-0.25, -0.2) is 4.79 Å². The number of aliphatic hydroxyl groups is 2. The van der Waals surface area contributed by atoms with Crippen LogP contribution in [0.3, 0.4) is 0 Å². The topological polar surface area (TPSA) is 145 Å². The summed E-state index contributed by atoms with van der Waals surface area (Å²) >= 11 is 0. The molecule has 0 radical (unpaired) electrons. The first-order valence-corrected chi connectivity index (χ1v) is 5.89. The lowest BCUT2D eigenvalue weighted by Gasteiger charge is -2.21. The Kier molecular flexibility index (Phi) is 4.02. The third kappa shape index (κ3) is 2.64. The molecule has 0 amide bonds. The van der Waals surface area contributed by atoms with Crippen LogP contribution in [0.4, 0.5) is 0 Å². The lowest BCUT2D eigenvalue weighted by Crippen LogP contribution is -2.37. The molecular weight excluding hydrogens is 272 g/mol. The summed E-state index contributed by atoms with van der Waals surface area (Å²) in [6, 6.07) is 1.07. The molecule has 1 aromatic heterocycles. The van der Waals surface area contributed by atoms with Crippen molar-refractivity contribution in [3.63, 3.8) is 0 Å². The van der Waals surface area contributed by atoms with Crippen LogP contribution in [0.15, 0.2) is 21.9 Å². The monoisotopic (exact) mass is 285 g/mol. The zero-order chi connectivity index (χ0) is 14.9. The number of aliphatic carboxylic acids is 1. The summed E-state index contributed by atoms with van der Waals surface area (Å²) < 4.78 is 6.26. The van der Waals surface area contributed by atoms with E-state index in [9.17, 15) is 24.6 Å². The molecule has 0 saturated carbocycles. The van der Waals surface area contributed by atoms with Crippen LogP contribution in [0.25, 0.3) is 0 Å². The Morgan fingerprint density at radius 3 is 2.75 bits per heavy atom. The predicted octanol–water partition coefficient (Wildman–Crippen LogP) is -3.46. The van der Waals surface area contributed by atoms with Gasteiger partial charge < -0.3 is 24.9 Å². The van der Waals surface area contributed by atoms with Gasteiger partial charge in [0, 0.05) is 24.2 Å². The van der Waals surface area contributed by atoms with Gasteiger partial charge in [-0.05, 0) is 6.42 Å². The number of carboxylic acids is 1. The summed E-state index contributed by atoms with van der Waals surface area (Å²) in [5.74, 6) is -2.39. The van der Waals surface area contributed by atoms with Crippen molar-refractivity contribution in [1.82, 2.24) is 9.55 Å². The number of rotatable bonds is 4. The molecule has 0 spiro atoms. The number of carbonyl (C=O) groups excluding carboxylic acids is 1. The summed E-state index contributed by atoms with van der Waals surface area (Å²) in [5.41, 5.74) is -1.41. The maximum atomic E-state index is 11.7. The van der Waals surface area contributed by atoms with Crippen LogP contribution in [0, 0.1) is 5.92 Å². The van der Waals surface area contributed by atoms with Gasteiger partial charge in [0.05, 0.1) is 12.7 Å². The molecule has 4 atom stereocenters. The first kappa shape index (κ1) is 14.4. The van der Waals surface area contributed by atoms with Crippen LogP contribution in [0.5, 0.6) is 0 Å². The van der Waals surface area contributed by atoms with Gasteiger partial charge in [-0.3, -0.25) is 14.3 Å². The lowest BCUT2D eigenvalue weighted by atomic mass is 9.96. The van der Waals surface area contributed by atoms with E-state index >= 15 is 0 Å². The van der Waals surface area contributed by atoms with Crippen molar-refractivity contribution in [3.8, 4) is 0 Å². The molecule has 110 valence electrons. The third-order valence-corrected chi connectivity index (χ3v) is 3.21. The number of aromatic amines is 1. The molecule has 9 nitrogen and oxygen atoms in total. The van der Waals surface area contributed by atoms with Crippen molar-refractivity contribution >= 4 is 5.97 Å². The molecule has 2 rings (SSSR count). The van der Waals surface area contributed by atoms with E-state index in [4.69, 9.17) is 9.84 Å². The Hall–Kier alpha value is -1.97. The second-order valence-corrected chi connectivity index (χ2v) is 4.50. The number of nitrogens with zero attached hydrogens (tertiary/aromatic N) is 1.